The van der Waals surface area contributed by atoms with Gasteiger partial charge in [0.05, 0.1) is 4.90 Å². The Hall–Kier alpha value is -2.15. The minimum atomic E-state index is -3.76. The Labute approximate surface area is 151 Å². The molecular formula is C18H17ClN2O3S. The highest BCUT2D eigenvalue weighted by atomic mass is 35.5. The second kappa shape index (κ2) is 6.63. The normalized spacial score (nSPS) is 17.1. The number of rotatable bonds is 3. The molecule has 0 bridgehead atoms. The van der Waals surface area contributed by atoms with Crippen molar-refractivity contribution in [3.63, 3.8) is 0 Å². The van der Waals surface area contributed by atoms with Gasteiger partial charge in [-0.25, -0.2) is 13.6 Å². The zero-order chi connectivity index (χ0) is 18.2. The highest BCUT2D eigenvalue weighted by Gasteiger charge is 2.27. The average Bonchev–Trinajstić information content (AvgIpc) is 2.89. The molecule has 0 unspecified atom stereocenters. The Kier molecular flexibility index (Phi) is 4.69. The number of likely N-dealkylation sites (tertiary alicyclic amines) is 1. The third-order valence-electron chi connectivity index (χ3n) is 4.21. The summed E-state index contributed by atoms with van der Waals surface area (Å²) in [7, 11) is -2.00. The second-order valence-corrected chi connectivity index (χ2v) is 7.90. The molecule has 5 nitrogen and oxygen atoms in total. The first kappa shape index (κ1) is 17.7. The van der Waals surface area contributed by atoms with E-state index in [1.807, 2.05) is 12.1 Å². The van der Waals surface area contributed by atoms with E-state index in [1.165, 1.54) is 12.1 Å². The lowest BCUT2D eigenvalue weighted by atomic mass is 9.92. The van der Waals surface area contributed by atoms with E-state index in [9.17, 15) is 13.2 Å². The number of likely N-dealkylation sites (N-methyl/N-ethyl adjacent to an activating group) is 1. The molecule has 7 heteroatoms. The third-order valence-corrected chi connectivity index (χ3v) is 5.39. The first-order valence-electron chi connectivity index (χ1n) is 7.65. The van der Waals surface area contributed by atoms with E-state index < -0.39 is 10.0 Å². The van der Waals surface area contributed by atoms with Crippen molar-refractivity contribution in [1.82, 2.24) is 4.90 Å². The molecule has 0 aliphatic carbocycles. The SMILES string of the molecule is CN1CC/C(=C(\c2ccc(Cl)cc2)c2ccc(S(N)(=O)=O)cc2)C1=O. The van der Waals surface area contributed by atoms with Crippen LogP contribution < -0.4 is 5.14 Å². The number of sulfonamides is 1. The quantitative estimate of drug-likeness (QED) is 0.836. The van der Waals surface area contributed by atoms with Crippen LogP contribution in [-0.4, -0.2) is 32.8 Å². The van der Waals surface area contributed by atoms with Crippen LogP contribution in [0.15, 0.2) is 59.0 Å². The summed E-state index contributed by atoms with van der Waals surface area (Å²) in [5.41, 5.74) is 3.10. The van der Waals surface area contributed by atoms with E-state index in [0.29, 0.717) is 23.6 Å². The van der Waals surface area contributed by atoms with Gasteiger partial charge in [0.2, 0.25) is 15.9 Å². The Morgan fingerprint density at radius 2 is 1.56 bits per heavy atom. The molecule has 1 heterocycles. The predicted molar refractivity (Wildman–Crippen MR) is 97.5 cm³/mol. The molecule has 2 aromatic rings. The monoisotopic (exact) mass is 376 g/mol. The molecule has 0 spiro atoms. The number of halogens is 1. The third kappa shape index (κ3) is 3.61. The van der Waals surface area contributed by atoms with Gasteiger partial charge in [0, 0.05) is 24.2 Å². The van der Waals surface area contributed by atoms with E-state index in [-0.39, 0.29) is 10.8 Å². The molecular weight excluding hydrogens is 360 g/mol. The molecule has 1 aliphatic heterocycles. The number of benzene rings is 2. The van der Waals surface area contributed by atoms with Crippen molar-refractivity contribution in [3.05, 3.63) is 70.3 Å². The number of carbonyl (C=O) groups excluding carboxylic acids is 1. The molecule has 0 saturated carbocycles. The van der Waals surface area contributed by atoms with Crippen molar-refractivity contribution in [2.45, 2.75) is 11.3 Å². The number of primary sulfonamides is 1. The molecule has 2 N–H and O–H groups in total. The number of nitrogens with zero attached hydrogens (tertiary/aromatic N) is 1. The van der Waals surface area contributed by atoms with Crippen LogP contribution in [-0.2, 0) is 14.8 Å². The maximum atomic E-state index is 12.5. The highest BCUT2D eigenvalue weighted by molar-refractivity contribution is 7.89. The number of amides is 1. The summed E-state index contributed by atoms with van der Waals surface area (Å²) in [6.45, 7) is 0.653. The van der Waals surface area contributed by atoms with Crippen LogP contribution in [0, 0.1) is 0 Å². The van der Waals surface area contributed by atoms with Crippen molar-refractivity contribution in [2.24, 2.45) is 5.14 Å². The largest absolute Gasteiger partial charge is 0.342 e. The summed E-state index contributed by atoms with van der Waals surface area (Å²) in [6.07, 6.45) is 0.629. The van der Waals surface area contributed by atoms with Crippen LogP contribution in [0.4, 0.5) is 0 Å². The van der Waals surface area contributed by atoms with E-state index in [2.05, 4.69) is 0 Å². The summed E-state index contributed by atoms with van der Waals surface area (Å²) in [5.74, 6) is -0.0273. The minimum absolute atomic E-state index is 0.0273. The van der Waals surface area contributed by atoms with Crippen molar-refractivity contribution in [1.29, 1.82) is 0 Å². The van der Waals surface area contributed by atoms with Crippen LogP contribution in [0.3, 0.4) is 0 Å². The molecule has 2 aromatic carbocycles. The van der Waals surface area contributed by atoms with Gasteiger partial charge in [-0.15, -0.1) is 0 Å². The summed E-state index contributed by atoms with van der Waals surface area (Å²) in [5, 5.41) is 5.76. The van der Waals surface area contributed by atoms with Gasteiger partial charge in [0.25, 0.3) is 0 Å². The number of hydrogen-bond donors (Lipinski definition) is 1. The number of hydrogen-bond acceptors (Lipinski definition) is 3. The van der Waals surface area contributed by atoms with Crippen molar-refractivity contribution >= 4 is 33.1 Å². The van der Waals surface area contributed by atoms with Crippen LogP contribution in [0.5, 0.6) is 0 Å². The van der Waals surface area contributed by atoms with Gasteiger partial charge in [-0.3, -0.25) is 4.79 Å². The molecule has 0 aromatic heterocycles. The smallest absolute Gasteiger partial charge is 0.250 e. The Morgan fingerprint density at radius 1 is 1.04 bits per heavy atom. The van der Waals surface area contributed by atoms with Crippen LogP contribution in [0.2, 0.25) is 5.02 Å². The molecule has 130 valence electrons. The fraction of sp³-hybridized carbons (Fsp3) is 0.167. The molecule has 0 atom stereocenters. The van der Waals surface area contributed by atoms with Gasteiger partial charge in [-0.05, 0) is 47.4 Å². The van der Waals surface area contributed by atoms with E-state index in [0.717, 1.165) is 16.7 Å². The molecule has 1 amide bonds. The predicted octanol–water partition coefficient (Wildman–Crippen LogP) is 2.65. The number of carbonyl (C=O) groups is 1. The maximum Gasteiger partial charge on any atom is 0.250 e. The van der Waals surface area contributed by atoms with E-state index in [4.69, 9.17) is 16.7 Å². The molecule has 1 saturated heterocycles. The first-order chi connectivity index (χ1) is 11.8. The van der Waals surface area contributed by atoms with Crippen LogP contribution >= 0.6 is 11.6 Å². The van der Waals surface area contributed by atoms with Crippen LogP contribution in [0.25, 0.3) is 5.57 Å². The van der Waals surface area contributed by atoms with Crippen molar-refractivity contribution in [3.8, 4) is 0 Å². The number of nitrogens with two attached hydrogens (primary N) is 1. The second-order valence-electron chi connectivity index (χ2n) is 5.91. The van der Waals surface area contributed by atoms with Crippen LogP contribution in [0.1, 0.15) is 17.5 Å². The molecule has 3 rings (SSSR count). The lowest BCUT2D eigenvalue weighted by Gasteiger charge is -2.13. The van der Waals surface area contributed by atoms with Gasteiger partial charge >= 0.3 is 0 Å². The van der Waals surface area contributed by atoms with Gasteiger partial charge in [-0.2, -0.15) is 0 Å². The standard InChI is InChI=1S/C18H17ClN2O3S/c1-21-11-10-16(18(21)22)17(12-2-6-14(19)7-3-12)13-4-8-15(9-5-13)25(20,23)24/h2-9H,10-11H2,1H3,(H2,20,23,24)/b17-16-. The lowest BCUT2D eigenvalue weighted by molar-refractivity contribution is -0.123. The highest BCUT2D eigenvalue weighted by Crippen LogP contribution is 2.33. The van der Waals surface area contributed by atoms with Gasteiger partial charge < -0.3 is 4.90 Å². The average molecular weight is 377 g/mol. The van der Waals surface area contributed by atoms with Crippen molar-refractivity contribution in [2.75, 3.05) is 13.6 Å². The summed E-state index contributed by atoms with van der Waals surface area (Å²) < 4.78 is 22.9. The first-order valence-corrected chi connectivity index (χ1v) is 9.57. The molecule has 0 radical (unpaired) electrons. The lowest BCUT2D eigenvalue weighted by Crippen LogP contribution is -2.19. The summed E-state index contributed by atoms with van der Waals surface area (Å²) in [4.78, 5) is 14.2. The van der Waals surface area contributed by atoms with E-state index in [1.54, 1.807) is 36.2 Å². The van der Waals surface area contributed by atoms with Gasteiger partial charge in [-0.1, -0.05) is 35.9 Å². The topological polar surface area (TPSA) is 80.5 Å². The Morgan fingerprint density at radius 3 is 2.00 bits per heavy atom. The molecule has 25 heavy (non-hydrogen) atoms. The Balaban J connectivity index is 2.17. The Bertz CT molecular complexity index is 949. The summed E-state index contributed by atoms with van der Waals surface area (Å²) >= 11 is 5.97. The van der Waals surface area contributed by atoms with Gasteiger partial charge in [0.15, 0.2) is 0 Å². The summed E-state index contributed by atoms with van der Waals surface area (Å²) in [6, 6.07) is 13.5. The maximum absolute atomic E-state index is 12.5. The minimum Gasteiger partial charge on any atom is -0.342 e. The fourth-order valence-corrected chi connectivity index (χ4v) is 3.53. The zero-order valence-corrected chi connectivity index (χ0v) is 15.1. The van der Waals surface area contributed by atoms with Crippen molar-refractivity contribution < 1.29 is 13.2 Å². The fourth-order valence-electron chi connectivity index (χ4n) is 2.89. The molecule has 1 aliphatic rings. The molecule has 1 fully saturated rings. The van der Waals surface area contributed by atoms with E-state index >= 15 is 0 Å². The zero-order valence-electron chi connectivity index (χ0n) is 13.6. The van der Waals surface area contributed by atoms with Gasteiger partial charge in [0.1, 0.15) is 0 Å².